The minimum Gasteiger partial charge on any atom is -0.395 e. The van der Waals surface area contributed by atoms with Crippen molar-refractivity contribution < 1.29 is 9.90 Å². The summed E-state index contributed by atoms with van der Waals surface area (Å²) in [5.41, 5.74) is 0. The third-order valence-corrected chi connectivity index (χ3v) is 1.43. The van der Waals surface area contributed by atoms with E-state index in [4.69, 9.17) is 5.11 Å². The van der Waals surface area contributed by atoms with Crippen molar-refractivity contribution in [3.8, 4) is 0 Å². The molecule has 4 nitrogen and oxygen atoms in total. The van der Waals surface area contributed by atoms with E-state index in [0.717, 1.165) is 0 Å². The third-order valence-electron chi connectivity index (χ3n) is 1.43. The minimum absolute atomic E-state index is 0. The maximum Gasteiger partial charge on any atom is 0.236 e. The monoisotopic (exact) mass is 196 g/mol. The minimum atomic E-state index is 0. The molecule has 1 amide bonds. The molecule has 0 rings (SSSR count). The maximum atomic E-state index is 11.1. The molecule has 0 spiro atoms. The van der Waals surface area contributed by atoms with Crippen LogP contribution in [0.3, 0.4) is 0 Å². The highest BCUT2D eigenvalue weighted by Crippen LogP contribution is 1.86. The van der Waals surface area contributed by atoms with Gasteiger partial charge in [-0.3, -0.25) is 4.79 Å². The number of hydrogen-bond donors (Lipinski definition) is 2. The Morgan fingerprint density at radius 2 is 2.17 bits per heavy atom. The lowest BCUT2D eigenvalue weighted by molar-refractivity contribution is -0.130. The van der Waals surface area contributed by atoms with Gasteiger partial charge < -0.3 is 15.3 Å². The van der Waals surface area contributed by atoms with E-state index in [1.807, 2.05) is 6.92 Å². The maximum absolute atomic E-state index is 11.1. The number of amides is 1. The van der Waals surface area contributed by atoms with Crippen molar-refractivity contribution >= 4 is 18.3 Å². The SMILES string of the molecule is CCN(CCO)C(=O)CNC.Cl. The number of aliphatic hydroxyl groups is 1. The lowest BCUT2D eigenvalue weighted by atomic mass is 10.4. The largest absolute Gasteiger partial charge is 0.395 e. The van der Waals surface area contributed by atoms with Crippen molar-refractivity contribution in [2.75, 3.05) is 33.3 Å². The molecule has 0 fully saturated rings. The molecule has 0 aliphatic carbocycles. The van der Waals surface area contributed by atoms with Gasteiger partial charge in [0.15, 0.2) is 0 Å². The summed E-state index contributed by atoms with van der Waals surface area (Å²) >= 11 is 0. The molecule has 0 aliphatic heterocycles. The fourth-order valence-electron chi connectivity index (χ4n) is 0.843. The molecule has 0 bridgehead atoms. The van der Waals surface area contributed by atoms with E-state index >= 15 is 0 Å². The Morgan fingerprint density at radius 1 is 1.58 bits per heavy atom. The van der Waals surface area contributed by atoms with Crippen molar-refractivity contribution in [2.45, 2.75) is 6.92 Å². The van der Waals surface area contributed by atoms with Crippen LogP contribution >= 0.6 is 12.4 Å². The molecule has 0 aliphatic rings. The number of carbonyl (C=O) groups excluding carboxylic acids is 1. The number of halogens is 1. The van der Waals surface area contributed by atoms with Gasteiger partial charge in [-0.1, -0.05) is 0 Å². The smallest absolute Gasteiger partial charge is 0.236 e. The third kappa shape index (κ3) is 5.35. The fraction of sp³-hybridized carbons (Fsp3) is 0.857. The molecule has 0 aromatic rings. The zero-order valence-electron chi connectivity index (χ0n) is 7.54. The standard InChI is InChI=1S/C7H16N2O2.ClH/c1-3-9(4-5-10)7(11)6-8-2;/h8,10H,3-6H2,1-2H3;1H. The normalized spacial score (nSPS) is 8.92. The Kier molecular flexibility index (Phi) is 10.4. The molecule has 0 aromatic carbocycles. The first-order chi connectivity index (χ1) is 5.26. The van der Waals surface area contributed by atoms with Gasteiger partial charge in [0.05, 0.1) is 13.2 Å². The summed E-state index contributed by atoms with van der Waals surface area (Å²) in [6.45, 7) is 3.35. The van der Waals surface area contributed by atoms with Gasteiger partial charge >= 0.3 is 0 Å². The summed E-state index contributed by atoms with van der Waals surface area (Å²) in [5, 5.41) is 11.3. The van der Waals surface area contributed by atoms with Gasteiger partial charge in [-0.15, -0.1) is 12.4 Å². The molecule has 0 saturated carbocycles. The molecule has 0 saturated heterocycles. The first kappa shape index (κ1) is 14.2. The molecule has 74 valence electrons. The van der Waals surface area contributed by atoms with Crippen LogP contribution in [-0.4, -0.2) is 49.2 Å². The molecule has 0 aromatic heterocycles. The molecule has 0 unspecified atom stereocenters. The zero-order chi connectivity index (χ0) is 8.69. The van der Waals surface area contributed by atoms with E-state index in [2.05, 4.69) is 5.32 Å². The molecule has 2 N–H and O–H groups in total. The lowest BCUT2D eigenvalue weighted by Crippen LogP contribution is -2.38. The average Bonchev–Trinajstić information content (AvgIpc) is 2.00. The highest BCUT2D eigenvalue weighted by atomic mass is 35.5. The Balaban J connectivity index is 0. The van der Waals surface area contributed by atoms with Crippen molar-refractivity contribution in [1.82, 2.24) is 10.2 Å². The van der Waals surface area contributed by atoms with E-state index < -0.39 is 0 Å². The van der Waals surface area contributed by atoms with Crippen LogP contribution in [0, 0.1) is 0 Å². The Morgan fingerprint density at radius 3 is 2.50 bits per heavy atom. The first-order valence-electron chi connectivity index (χ1n) is 3.79. The van der Waals surface area contributed by atoms with Crippen LogP contribution < -0.4 is 5.32 Å². The summed E-state index contributed by atoms with van der Waals surface area (Å²) in [6, 6.07) is 0. The van der Waals surface area contributed by atoms with Crippen LogP contribution in [0.1, 0.15) is 6.92 Å². The number of hydrogen-bond acceptors (Lipinski definition) is 3. The van der Waals surface area contributed by atoms with Crippen molar-refractivity contribution in [2.24, 2.45) is 0 Å². The number of nitrogens with one attached hydrogen (secondary N) is 1. The number of carbonyl (C=O) groups is 1. The van der Waals surface area contributed by atoms with E-state index in [1.165, 1.54) is 0 Å². The summed E-state index contributed by atoms with van der Waals surface area (Å²) in [5.74, 6) is 0.0315. The molecule has 0 radical (unpaired) electrons. The summed E-state index contributed by atoms with van der Waals surface area (Å²) in [7, 11) is 1.73. The summed E-state index contributed by atoms with van der Waals surface area (Å²) in [6.07, 6.45) is 0. The van der Waals surface area contributed by atoms with E-state index in [9.17, 15) is 4.79 Å². The Bertz CT molecular complexity index is 122. The Hall–Kier alpha value is -0.320. The molecule has 5 heteroatoms. The van der Waals surface area contributed by atoms with E-state index in [1.54, 1.807) is 11.9 Å². The number of likely N-dealkylation sites (N-methyl/N-ethyl adjacent to an activating group) is 2. The van der Waals surface area contributed by atoms with Gasteiger partial charge in [0.2, 0.25) is 5.91 Å². The van der Waals surface area contributed by atoms with E-state index in [-0.39, 0.29) is 24.9 Å². The van der Waals surface area contributed by atoms with Gasteiger partial charge in [0.1, 0.15) is 0 Å². The second-order valence-corrected chi connectivity index (χ2v) is 2.23. The lowest BCUT2D eigenvalue weighted by Gasteiger charge is -2.18. The highest BCUT2D eigenvalue weighted by molar-refractivity contribution is 5.85. The van der Waals surface area contributed by atoms with Crippen LogP contribution in [0.4, 0.5) is 0 Å². The van der Waals surface area contributed by atoms with Gasteiger partial charge in [-0.05, 0) is 14.0 Å². The fourth-order valence-corrected chi connectivity index (χ4v) is 0.843. The van der Waals surface area contributed by atoms with Crippen molar-refractivity contribution in [3.63, 3.8) is 0 Å². The first-order valence-corrected chi connectivity index (χ1v) is 3.79. The van der Waals surface area contributed by atoms with Crippen molar-refractivity contribution in [3.05, 3.63) is 0 Å². The predicted octanol–water partition coefficient (Wildman–Crippen LogP) is -0.532. The average molecular weight is 197 g/mol. The second-order valence-electron chi connectivity index (χ2n) is 2.23. The van der Waals surface area contributed by atoms with Gasteiger partial charge in [0.25, 0.3) is 0 Å². The number of aliphatic hydroxyl groups excluding tert-OH is 1. The van der Waals surface area contributed by atoms with Gasteiger partial charge in [0, 0.05) is 13.1 Å². The molecular weight excluding hydrogens is 180 g/mol. The van der Waals surface area contributed by atoms with Crippen LogP contribution in [0.25, 0.3) is 0 Å². The molecule has 0 atom stereocenters. The predicted molar refractivity (Wildman–Crippen MR) is 50.5 cm³/mol. The zero-order valence-corrected chi connectivity index (χ0v) is 8.36. The van der Waals surface area contributed by atoms with Crippen molar-refractivity contribution in [1.29, 1.82) is 0 Å². The van der Waals surface area contributed by atoms with E-state index in [0.29, 0.717) is 19.6 Å². The van der Waals surface area contributed by atoms with Crippen LogP contribution in [0.15, 0.2) is 0 Å². The Labute approximate surface area is 79.3 Å². The number of rotatable bonds is 5. The molecule has 0 heterocycles. The highest BCUT2D eigenvalue weighted by Gasteiger charge is 2.08. The topological polar surface area (TPSA) is 52.6 Å². The second kappa shape index (κ2) is 8.77. The van der Waals surface area contributed by atoms with Crippen LogP contribution in [0.2, 0.25) is 0 Å². The summed E-state index contributed by atoms with van der Waals surface area (Å²) < 4.78 is 0. The van der Waals surface area contributed by atoms with Crippen LogP contribution in [0.5, 0.6) is 0 Å². The quantitative estimate of drug-likeness (QED) is 0.622. The van der Waals surface area contributed by atoms with Gasteiger partial charge in [-0.25, -0.2) is 0 Å². The molecular formula is C7H17ClN2O2. The number of nitrogens with zero attached hydrogens (tertiary/aromatic N) is 1. The summed E-state index contributed by atoms with van der Waals surface area (Å²) in [4.78, 5) is 12.7. The van der Waals surface area contributed by atoms with Gasteiger partial charge in [-0.2, -0.15) is 0 Å². The van der Waals surface area contributed by atoms with Crippen LogP contribution in [-0.2, 0) is 4.79 Å². The molecule has 12 heavy (non-hydrogen) atoms.